The molecule has 1 heterocycles. The van der Waals surface area contributed by atoms with Crippen molar-refractivity contribution in [1.82, 2.24) is 4.72 Å². The lowest BCUT2D eigenvalue weighted by molar-refractivity contribution is -0.122. The van der Waals surface area contributed by atoms with Crippen LogP contribution in [-0.4, -0.2) is 27.0 Å². The Bertz CT molecular complexity index is 1230. The van der Waals surface area contributed by atoms with Crippen LogP contribution >= 0.6 is 0 Å². The molecule has 1 N–H and O–H groups in total. The van der Waals surface area contributed by atoms with Gasteiger partial charge in [0, 0.05) is 17.4 Å². The van der Waals surface area contributed by atoms with Crippen molar-refractivity contribution in [1.29, 1.82) is 0 Å². The highest BCUT2D eigenvalue weighted by Gasteiger charge is 2.40. The van der Waals surface area contributed by atoms with E-state index in [1.165, 1.54) is 13.2 Å². The van der Waals surface area contributed by atoms with Crippen LogP contribution in [0, 0.1) is 0 Å². The van der Waals surface area contributed by atoms with E-state index < -0.39 is 27.4 Å². The number of hydrogen-bond acceptors (Lipinski definition) is 5. The molecule has 4 rings (SSSR count). The summed E-state index contributed by atoms with van der Waals surface area (Å²) in [5, 5.41) is 1.35. The van der Waals surface area contributed by atoms with Crippen molar-refractivity contribution < 1.29 is 22.7 Å². The molecule has 0 spiro atoms. The third-order valence-corrected chi connectivity index (χ3v) is 6.67. The molecule has 3 aromatic carbocycles. The number of sulfonamides is 1. The molecule has 3 aromatic rings. The molecule has 0 radical (unpaired) electrons. The van der Waals surface area contributed by atoms with Crippen LogP contribution in [0.1, 0.15) is 31.7 Å². The molecule has 1 unspecified atom stereocenters. The molecule has 1 aliphatic rings. The van der Waals surface area contributed by atoms with Crippen molar-refractivity contribution in [3.8, 4) is 11.5 Å². The van der Waals surface area contributed by atoms with E-state index in [4.69, 9.17) is 9.47 Å². The van der Waals surface area contributed by atoms with Crippen LogP contribution in [0.3, 0.4) is 0 Å². The number of carbonyl (C=O) groups excluding carboxylic acids is 1. The average Bonchev–Trinajstić information content (AvgIpc) is 2.71. The molecule has 6 nitrogen and oxygen atoms in total. The molecule has 1 atom stereocenters. The Morgan fingerprint density at radius 2 is 1.77 bits per heavy atom. The minimum Gasteiger partial charge on any atom is -0.496 e. The molecular formula is C23H23NO5S. The molecular weight excluding hydrogens is 402 g/mol. The first-order valence-corrected chi connectivity index (χ1v) is 11.1. The van der Waals surface area contributed by atoms with Gasteiger partial charge in [0.2, 0.25) is 5.91 Å². The molecule has 1 amide bonds. The van der Waals surface area contributed by atoms with E-state index in [-0.39, 0.29) is 4.90 Å². The van der Waals surface area contributed by atoms with E-state index in [9.17, 15) is 13.2 Å². The summed E-state index contributed by atoms with van der Waals surface area (Å²) in [6, 6.07) is 17.4. The summed E-state index contributed by atoms with van der Waals surface area (Å²) in [5.74, 6) is -0.325. The molecule has 0 saturated carbocycles. The number of carbonyl (C=O) groups is 1. The van der Waals surface area contributed by atoms with Gasteiger partial charge in [0.1, 0.15) is 17.1 Å². The highest BCUT2D eigenvalue weighted by Crippen LogP contribution is 2.45. The molecule has 30 heavy (non-hydrogen) atoms. The smallest absolute Gasteiger partial charge is 0.264 e. The summed E-state index contributed by atoms with van der Waals surface area (Å²) in [6.07, 6.45) is 0.317. The number of ether oxygens (including phenoxy) is 2. The minimum atomic E-state index is -4.08. The molecule has 7 heteroatoms. The van der Waals surface area contributed by atoms with Gasteiger partial charge in [-0.1, -0.05) is 42.5 Å². The van der Waals surface area contributed by atoms with Gasteiger partial charge in [0.25, 0.3) is 10.0 Å². The number of rotatable bonds is 4. The molecule has 0 fully saturated rings. The predicted octanol–water partition coefficient (Wildman–Crippen LogP) is 4.00. The predicted molar refractivity (Wildman–Crippen MR) is 114 cm³/mol. The molecule has 1 aliphatic heterocycles. The molecule has 0 bridgehead atoms. The zero-order chi connectivity index (χ0) is 21.5. The number of benzene rings is 3. The zero-order valence-corrected chi connectivity index (χ0v) is 17.8. The third-order valence-electron chi connectivity index (χ3n) is 5.27. The summed E-state index contributed by atoms with van der Waals surface area (Å²) in [4.78, 5) is 13.3. The summed E-state index contributed by atoms with van der Waals surface area (Å²) >= 11 is 0. The fourth-order valence-electron chi connectivity index (χ4n) is 3.98. The van der Waals surface area contributed by atoms with Crippen LogP contribution in [0.25, 0.3) is 10.8 Å². The van der Waals surface area contributed by atoms with Gasteiger partial charge in [-0.3, -0.25) is 4.79 Å². The van der Waals surface area contributed by atoms with Crippen LogP contribution in [-0.2, 0) is 14.8 Å². The Kier molecular flexibility index (Phi) is 4.94. The average molecular weight is 426 g/mol. The van der Waals surface area contributed by atoms with Crippen LogP contribution in [0.15, 0.2) is 65.6 Å². The lowest BCUT2D eigenvalue weighted by Gasteiger charge is -2.37. The fraction of sp³-hybridized carbons (Fsp3) is 0.261. The zero-order valence-electron chi connectivity index (χ0n) is 17.0. The Labute approximate surface area is 175 Å². The molecule has 0 aromatic heterocycles. The van der Waals surface area contributed by atoms with E-state index in [0.29, 0.717) is 28.9 Å². The summed E-state index contributed by atoms with van der Waals surface area (Å²) in [5.41, 5.74) is -0.0742. The molecule has 156 valence electrons. The van der Waals surface area contributed by atoms with Gasteiger partial charge in [-0.25, -0.2) is 13.1 Å². The van der Waals surface area contributed by atoms with Crippen LogP contribution in [0.4, 0.5) is 0 Å². The van der Waals surface area contributed by atoms with E-state index >= 15 is 0 Å². The normalized spacial score (nSPS) is 17.6. The number of nitrogens with one attached hydrogen (secondary N) is 1. The summed E-state index contributed by atoms with van der Waals surface area (Å²) in [7, 11) is -2.56. The van der Waals surface area contributed by atoms with Gasteiger partial charge in [0.15, 0.2) is 0 Å². The largest absolute Gasteiger partial charge is 0.496 e. The summed E-state index contributed by atoms with van der Waals surface area (Å²) < 4.78 is 40.0. The van der Waals surface area contributed by atoms with Crippen LogP contribution in [0.5, 0.6) is 11.5 Å². The van der Waals surface area contributed by atoms with Crippen molar-refractivity contribution >= 4 is 26.7 Å². The van der Waals surface area contributed by atoms with Crippen molar-refractivity contribution in [3.63, 3.8) is 0 Å². The van der Waals surface area contributed by atoms with E-state index in [0.717, 1.165) is 5.39 Å². The second-order valence-electron chi connectivity index (χ2n) is 7.94. The van der Waals surface area contributed by atoms with Crippen molar-refractivity contribution in [2.75, 3.05) is 7.11 Å². The van der Waals surface area contributed by atoms with Gasteiger partial charge in [-0.05, 0) is 37.4 Å². The lowest BCUT2D eigenvalue weighted by atomic mass is 9.83. The first-order chi connectivity index (χ1) is 14.2. The topological polar surface area (TPSA) is 81.7 Å². The second kappa shape index (κ2) is 7.32. The first-order valence-electron chi connectivity index (χ1n) is 9.62. The maximum Gasteiger partial charge on any atom is 0.264 e. The highest BCUT2D eigenvalue weighted by molar-refractivity contribution is 7.90. The monoisotopic (exact) mass is 425 g/mol. The quantitative estimate of drug-likeness (QED) is 0.683. The second-order valence-corrected chi connectivity index (χ2v) is 9.59. The van der Waals surface area contributed by atoms with Crippen molar-refractivity contribution in [2.45, 2.75) is 36.7 Å². The number of fused-ring (bicyclic) bond motifs is 2. The maximum atomic E-state index is 13.2. The number of hydrogen-bond donors (Lipinski definition) is 1. The maximum absolute atomic E-state index is 13.2. The van der Waals surface area contributed by atoms with Crippen LogP contribution in [0.2, 0.25) is 0 Å². The van der Waals surface area contributed by atoms with Crippen LogP contribution < -0.4 is 14.2 Å². The Hall–Kier alpha value is -3.06. The van der Waals surface area contributed by atoms with E-state index in [1.54, 1.807) is 36.4 Å². The Morgan fingerprint density at radius 3 is 2.53 bits per heavy atom. The van der Waals surface area contributed by atoms with Gasteiger partial charge in [-0.15, -0.1) is 0 Å². The van der Waals surface area contributed by atoms with Gasteiger partial charge in [0.05, 0.1) is 17.9 Å². The third kappa shape index (κ3) is 3.61. The Balaban J connectivity index is 1.74. The SMILES string of the molecule is COc1cccc2c1C(C(=O)NS(=O)(=O)c1cccc3ccccc13)CC(C)(C)O2. The van der Waals surface area contributed by atoms with Gasteiger partial charge in [-0.2, -0.15) is 0 Å². The lowest BCUT2D eigenvalue weighted by Crippen LogP contribution is -2.42. The minimum absolute atomic E-state index is 0.0699. The van der Waals surface area contributed by atoms with Gasteiger partial charge < -0.3 is 9.47 Å². The van der Waals surface area contributed by atoms with Crippen molar-refractivity contribution in [2.24, 2.45) is 0 Å². The number of amides is 1. The van der Waals surface area contributed by atoms with Gasteiger partial charge >= 0.3 is 0 Å². The van der Waals surface area contributed by atoms with E-state index in [2.05, 4.69) is 4.72 Å². The fourth-order valence-corrected chi connectivity index (χ4v) is 5.23. The summed E-state index contributed by atoms with van der Waals surface area (Å²) in [6.45, 7) is 3.74. The van der Waals surface area contributed by atoms with Crippen molar-refractivity contribution in [3.05, 3.63) is 66.2 Å². The standard InChI is InChI=1S/C23H23NO5S/c1-23(2)14-17(21-18(28-3)11-7-12-19(21)29-23)22(25)24-30(26,27)20-13-6-9-15-8-4-5-10-16(15)20/h4-13,17H,14H2,1-3H3,(H,24,25). The molecule has 0 aliphatic carbocycles. The highest BCUT2D eigenvalue weighted by atomic mass is 32.2. The number of methoxy groups -OCH3 is 1. The van der Waals surface area contributed by atoms with E-state index in [1.807, 2.05) is 32.0 Å². The molecule has 0 saturated heterocycles. The first kappa shape index (κ1) is 20.2. The Morgan fingerprint density at radius 1 is 1.07 bits per heavy atom.